The molecule has 2 aromatic carbocycles. The van der Waals surface area contributed by atoms with E-state index in [1.165, 1.54) is 0 Å². The molecule has 0 heterocycles. The second-order valence-corrected chi connectivity index (χ2v) is 9.94. The molecule has 0 bridgehead atoms. The van der Waals surface area contributed by atoms with E-state index in [9.17, 15) is 24.6 Å². The summed E-state index contributed by atoms with van der Waals surface area (Å²) in [5.41, 5.74) is 1.41. The highest BCUT2D eigenvalue weighted by molar-refractivity contribution is 5.90. The molecule has 0 saturated heterocycles. The van der Waals surface area contributed by atoms with Crippen LogP contribution >= 0.6 is 0 Å². The van der Waals surface area contributed by atoms with Crippen LogP contribution < -0.4 is 0 Å². The van der Waals surface area contributed by atoms with Crippen LogP contribution in [0.15, 0.2) is 54.6 Å². The molecular weight excluding hydrogens is 460 g/mol. The van der Waals surface area contributed by atoms with Crippen LogP contribution in [0.25, 0.3) is 11.1 Å². The molecule has 1 aliphatic carbocycles. The number of ether oxygens (including phenoxy) is 2. The number of aliphatic carboxylic acids is 1. The molecule has 194 valence electrons. The molecule has 1 fully saturated rings. The lowest BCUT2D eigenvalue weighted by molar-refractivity contribution is -0.141. The maximum absolute atomic E-state index is 12.9. The number of carboxylic acid groups (broad SMARTS) is 1. The van der Waals surface area contributed by atoms with Gasteiger partial charge in [0.2, 0.25) is 0 Å². The maximum Gasteiger partial charge on any atom is 0.338 e. The van der Waals surface area contributed by atoms with Crippen LogP contribution in [0.5, 0.6) is 0 Å². The Bertz CT molecular complexity index is 1030. The molecule has 1 aliphatic rings. The van der Waals surface area contributed by atoms with Crippen molar-refractivity contribution in [1.29, 1.82) is 0 Å². The van der Waals surface area contributed by atoms with Gasteiger partial charge in [-0.1, -0.05) is 49.4 Å². The normalized spacial score (nSPS) is 21.8. The largest absolute Gasteiger partial charge is 0.481 e. The Morgan fingerprint density at radius 1 is 0.972 bits per heavy atom. The third-order valence-corrected chi connectivity index (χ3v) is 6.94. The van der Waals surface area contributed by atoms with Crippen molar-refractivity contribution in [2.24, 2.45) is 11.8 Å². The van der Waals surface area contributed by atoms with Crippen molar-refractivity contribution in [2.75, 3.05) is 6.61 Å². The predicted molar refractivity (Wildman–Crippen MR) is 136 cm³/mol. The summed E-state index contributed by atoms with van der Waals surface area (Å²) in [5, 5.41) is 20.0. The number of carbonyl (C=O) groups excluding carboxylic acids is 2. The summed E-state index contributed by atoms with van der Waals surface area (Å²) in [6.07, 6.45) is -0.490. The summed E-state index contributed by atoms with van der Waals surface area (Å²) < 4.78 is 11.5. The number of aliphatic hydroxyl groups is 1. The van der Waals surface area contributed by atoms with Gasteiger partial charge in [0.25, 0.3) is 0 Å². The quantitative estimate of drug-likeness (QED) is 0.402. The van der Waals surface area contributed by atoms with Crippen molar-refractivity contribution in [3.8, 4) is 11.1 Å². The van der Waals surface area contributed by atoms with Crippen LogP contribution in [-0.2, 0) is 19.1 Å². The van der Waals surface area contributed by atoms with Crippen LogP contribution in [0.3, 0.4) is 0 Å². The van der Waals surface area contributed by atoms with Gasteiger partial charge < -0.3 is 19.7 Å². The van der Waals surface area contributed by atoms with Gasteiger partial charge in [-0.25, -0.2) is 4.79 Å². The molecule has 3 rings (SSSR count). The summed E-state index contributed by atoms with van der Waals surface area (Å²) in [6, 6.07) is 16.9. The number of aliphatic hydroxyl groups excluding tert-OH is 1. The standard InChI is InChI=1S/C29H36O7/c1-4-16-35-29(2,3)26(31)15-14-22-23(17-27(32)33)24(30)18-25(22)36-28(34)21-12-10-20(11-13-21)19-8-6-5-7-9-19/h5-13,22-25,30H,4,14-18H2,1-3H3,(H,32,33)/t22-,23-,24+,25-/m0/s1. The molecule has 0 amide bonds. The monoisotopic (exact) mass is 496 g/mol. The first-order valence-corrected chi connectivity index (χ1v) is 12.6. The summed E-state index contributed by atoms with van der Waals surface area (Å²) in [6.45, 7) is 5.87. The first-order chi connectivity index (χ1) is 17.1. The Morgan fingerprint density at radius 3 is 2.22 bits per heavy atom. The Balaban J connectivity index is 1.71. The van der Waals surface area contributed by atoms with Gasteiger partial charge in [0.15, 0.2) is 5.78 Å². The SMILES string of the molecule is CCCOC(C)(C)C(=O)CC[C@H]1[C@H](CC(=O)O)[C@H](O)C[C@@H]1OC(=O)c1ccc(-c2ccccc2)cc1. The number of carbonyl (C=O) groups is 3. The Kier molecular flexibility index (Phi) is 9.40. The van der Waals surface area contributed by atoms with Crippen LogP contribution in [0.4, 0.5) is 0 Å². The van der Waals surface area contributed by atoms with Gasteiger partial charge in [-0.15, -0.1) is 0 Å². The van der Waals surface area contributed by atoms with Gasteiger partial charge in [-0.3, -0.25) is 9.59 Å². The Labute approximate surface area is 212 Å². The molecule has 0 aromatic heterocycles. The highest BCUT2D eigenvalue weighted by Crippen LogP contribution is 2.40. The molecule has 4 atom stereocenters. The van der Waals surface area contributed by atoms with Gasteiger partial charge in [0, 0.05) is 31.3 Å². The average molecular weight is 497 g/mol. The number of hydrogen-bond donors (Lipinski definition) is 2. The second kappa shape index (κ2) is 12.3. The lowest BCUT2D eigenvalue weighted by Crippen LogP contribution is -2.36. The van der Waals surface area contributed by atoms with Crippen LogP contribution in [0.1, 0.15) is 63.2 Å². The minimum atomic E-state index is -1.04. The van der Waals surface area contributed by atoms with E-state index in [-0.39, 0.29) is 25.0 Å². The number of hydrogen-bond acceptors (Lipinski definition) is 6. The predicted octanol–water partition coefficient (Wildman–Crippen LogP) is 4.91. The molecule has 36 heavy (non-hydrogen) atoms. The Hall–Kier alpha value is -3.03. The van der Waals surface area contributed by atoms with E-state index in [4.69, 9.17) is 9.47 Å². The summed E-state index contributed by atoms with van der Waals surface area (Å²) >= 11 is 0. The zero-order chi connectivity index (χ0) is 26.3. The van der Waals surface area contributed by atoms with Gasteiger partial charge in [-0.2, -0.15) is 0 Å². The molecule has 0 radical (unpaired) electrons. The van der Waals surface area contributed by atoms with Gasteiger partial charge in [0.1, 0.15) is 11.7 Å². The fourth-order valence-corrected chi connectivity index (χ4v) is 4.84. The third-order valence-electron chi connectivity index (χ3n) is 6.94. The maximum atomic E-state index is 12.9. The van der Waals surface area contributed by atoms with Crippen LogP contribution in [0, 0.1) is 11.8 Å². The number of benzene rings is 2. The van der Waals surface area contributed by atoms with E-state index in [1.807, 2.05) is 49.4 Å². The molecule has 2 aromatic rings. The molecule has 1 saturated carbocycles. The number of ketones is 1. The lowest BCUT2D eigenvalue weighted by atomic mass is 9.85. The zero-order valence-electron chi connectivity index (χ0n) is 21.2. The molecule has 0 unspecified atom stereocenters. The molecule has 7 heteroatoms. The highest BCUT2D eigenvalue weighted by atomic mass is 16.5. The van der Waals surface area contributed by atoms with Crippen molar-refractivity contribution in [3.05, 3.63) is 60.2 Å². The van der Waals surface area contributed by atoms with Crippen molar-refractivity contribution >= 4 is 17.7 Å². The number of rotatable bonds is 12. The number of carboxylic acids is 1. The summed E-state index contributed by atoms with van der Waals surface area (Å²) in [4.78, 5) is 37.2. The first-order valence-electron chi connectivity index (χ1n) is 12.6. The van der Waals surface area contributed by atoms with E-state index < -0.39 is 41.6 Å². The van der Waals surface area contributed by atoms with Crippen LogP contribution in [-0.4, -0.2) is 52.4 Å². The minimum Gasteiger partial charge on any atom is -0.481 e. The fourth-order valence-electron chi connectivity index (χ4n) is 4.84. The highest BCUT2D eigenvalue weighted by Gasteiger charge is 2.46. The lowest BCUT2D eigenvalue weighted by Gasteiger charge is -2.27. The summed E-state index contributed by atoms with van der Waals surface area (Å²) in [5.74, 6) is -2.73. The third kappa shape index (κ3) is 7.02. The van der Waals surface area contributed by atoms with Crippen molar-refractivity contribution in [2.45, 2.75) is 70.7 Å². The minimum absolute atomic E-state index is 0.104. The first kappa shape index (κ1) is 27.6. The number of Topliss-reactive ketones (excluding diaryl/α,β-unsaturated/α-hetero) is 1. The fraction of sp³-hybridized carbons (Fsp3) is 0.483. The molecular formula is C29H36O7. The van der Waals surface area contributed by atoms with Crippen molar-refractivity contribution < 1.29 is 34.1 Å². The second-order valence-electron chi connectivity index (χ2n) is 9.94. The van der Waals surface area contributed by atoms with Crippen molar-refractivity contribution in [1.82, 2.24) is 0 Å². The summed E-state index contributed by atoms with van der Waals surface area (Å²) in [7, 11) is 0. The van der Waals surface area contributed by atoms with Gasteiger partial charge in [-0.05, 0) is 49.9 Å². The smallest absolute Gasteiger partial charge is 0.338 e. The van der Waals surface area contributed by atoms with E-state index in [0.717, 1.165) is 17.5 Å². The van der Waals surface area contributed by atoms with E-state index in [0.29, 0.717) is 18.6 Å². The zero-order valence-corrected chi connectivity index (χ0v) is 21.2. The number of esters is 1. The molecule has 0 aliphatic heterocycles. The van der Waals surface area contributed by atoms with E-state index in [2.05, 4.69) is 0 Å². The molecule has 2 N–H and O–H groups in total. The topological polar surface area (TPSA) is 110 Å². The van der Waals surface area contributed by atoms with Gasteiger partial charge in [0.05, 0.1) is 18.1 Å². The molecule has 7 nitrogen and oxygen atoms in total. The van der Waals surface area contributed by atoms with E-state index in [1.54, 1.807) is 26.0 Å². The van der Waals surface area contributed by atoms with Crippen molar-refractivity contribution in [3.63, 3.8) is 0 Å². The molecule has 0 spiro atoms. The Morgan fingerprint density at radius 2 is 1.61 bits per heavy atom. The van der Waals surface area contributed by atoms with Gasteiger partial charge >= 0.3 is 11.9 Å². The average Bonchev–Trinajstić information content (AvgIpc) is 3.14. The van der Waals surface area contributed by atoms with Crippen LogP contribution in [0.2, 0.25) is 0 Å². The van der Waals surface area contributed by atoms with E-state index >= 15 is 0 Å².